The standard InChI is InChI=1S/C22H32N6O4/c1-15-6-23-28(7-15)10-18-16(2)32-24-20(18)21(30)27-9-17-8-26(19(29)11-31-5)13-22(17,14-27)12-25(3)4/h6-7,17H,8-14H2,1-5H3/t17-,22+/m1/s1. The van der Waals surface area contributed by atoms with E-state index in [1.807, 2.05) is 43.9 Å². The monoisotopic (exact) mass is 444 g/mol. The molecule has 2 aliphatic rings. The van der Waals surface area contributed by atoms with Gasteiger partial charge in [-0.3, -0.25) is 14.3 Å². The Kier molecular flexibility index (Phi) is 6.09. The number of hydrogen-bond donors (Lipinski definition) is 0. The molecule has 0 spiro atoms. The molecule has 0 aromatic carbocycles. The number of amides is 2. The van der Waals surface area contributed by atoms with E-state index in [4.69, 9.17) is 9.26 Å². The summed E-state index contributed by atoms with van der Waals surface area (Å²) in [6, 6.07) is 0. The second kappa shape index (κ2) is 8.67. The number of aryl methyl sites for hydroxylation is 2. The van der Waals surface area contributed by atoms with Crippen LogP contribution in [0.15, 0.2) is 16.9 Å². The number of likely N-dealkylation sites (tertiary alicyclic amines) is 2. The van der Waals surface area contributed by atoms with E-state index in [0.29, 0.717) is 44.2 Å². The second-order valence-electron chi connectivity index (χ2n) is 9.47. The van der Waals surface area contributed by atoms with Crippen LogP contribution in [-0.2, 0) is 16.1 Å². The van der Waals surface area contributed by atoms with E-state index in [9.17, 15) is 9.59 Å². The lowest BCUT2D eigenvalue weighted by Gasteiger charge is -2.32. The molecule has 2 fully saturated rings. The van der Waals surface area contributed by atoms with Gasteiger partial charge in [0.1, 0.15) is 12.4 Å². The van der Waals surface area contributed by atoms with Crippen molar-refractivity contribution in [3.63, 3.8) is 0 Å². The Morgan fingerprint density at radius 1 is 1.25 bits per heavy atom. The molecule has 0 saturated carbocycles. The number of methoxy groups -OCH3 is 1. The van der Waals surface area contributed by atoms with E-state index in [0.717, 1.165) is 17.7 Å². The molecule has 32 heavy (non-hydrogen) atoms. The molecule has 0 radical (unpaired) electrons. The maximum atomic E-state index is 13.5. The van der Waals surface area contributed by atoms with E-state index in [-0.39, 0.29) is 29.8 Å². The van der Waals surface area contributed by atoms with Crippen molar-refractivity contribution in [1.82, 2.24) is 29.6 Å². The van der Waals surface area contributed by atoms with Gasteiger partial charge in [-0.25, -0.2) is 0 Å². The average molecular weight is 445 g/mol. The molecular formula is C22H32N6O4. The van der Waals surface area contributed by atoms with Crippen molar-refractivity contribution in [3.05, 3.63) is 35.0 Å². The smallest absolute Gasteiger partial charge is 0.276 e. The summed E-state index contributed by atoms with van der Waals surface area (Å²) in [6.07, 6.45) is 3.71. The number of ether oxygens (including phenoxy) is 1. The minimum atomic E-state index is -0.166. The third kappa shape index (κ3) is 4.16. The van der Waals surface area contributed by atoms with Crippen molar-refractivity contribution in [2.24, 2.45) is 11.3 Å². The number of carbonyl (C=O) groups excluding carboxylic acids is 2. The molecule has 0 unspecified atom stereocenters. The molecule has 174 valence electrons. The largest absolute Gasteiger partial charge is 0.375 e. The molecule has 2 aromatic heterocycles. The molecule has 10 heteroatoms. The number of nitrogens with zero attached hydrogens (tertiary/aromatic N) is 6. The number of fused-ring (bicyclic) bond motifs is 1. The lowest BCUT2D eigenvalue weighted by atomic mass is 9.80. The van der Waals surface area contributed by atoms with Crippen molar-refractivity contribution >= 4 is 11.8 Å². The summed E-state index contributed by atoms with van der Waals surface area (Å²) >= 11 is 0. The van der Waals surface area contributed by atoms with Crippen LogP contribution in [0, 0.1) is 25.2 Å². The number of carbonyl (C=O) groups is 2. The van der Waals surface area contributed by atoms with Crippen LogP contribution in [0.4, 0.5) is 0 Å². The van der Waals surface area contributed by atoms with Gasteiger partial charge in [0.05, 0.1) is 12.7 Å². The Labute approximate surface area is 188 Å². The van der Waals surface area contributed by atoms with E-state index < -0.39 is 0 Å². The Bertz CT molecular complexity index is 998. The highest BCUT2D eigenvalue weighted by Gasteiger charge is 2.54. The van der Waals surface area contributed by atoms with Gasteiger partial charge in [-0.1, -0.05) is 5.16 Å². The summed E-state index contributed by atoms with van der Waals surface area (Å²) in [5, 5.41) is 8.44. The molecule has 2 amide bonds. The maximum Gasteiger partial charge on any atom is 0.276 e. The van der Waals surface area contributed by atoms with Crippen LogP contribution in [-0.4, -0.2) is 102 Å². The second-order valence-corrected chi connectivity index (χ2v) is 9.47. The predicted molar refractivity (Wildman–Crippen MR) is 116 cm³/mol. The van der Waals surface area contributed by atoms with Crippen LogP contribution in [0.3, 0.4) is 0 Å². The number of aromatic nitrogens is 3. The predicted octanol–water partition coefficient (Wildman–Crippen LogP) is 0.645. The molecule has 10 nitrogen and oxygen atoms in total. The molecular weight excluding hydrogens is 412 g/mol. The average Bonchev–Trinajstić information content (AvgIpc) is 3.45. The third-order valence-electron chi connectivity index (χ3n) is 6.57. The van der Waals surface area contributed by atoms with E-state index in [1.165, 1.54) is 7.11 Å². The maximum absolute atomic E-state index is 13.5. The van der Waals surface area contributed by atoms with Crippen LogP contribution in [0.5, 0.6) is 0 Å². The molecule has 0 N–H and O–H groups in total. The molecule has 2 aliphatic heterocycles. The van der Waals surface area contributed by atoms with Gasteiger partial charge in [0.2, 0.25) is 5.91 Å². The minimum absolute atomic E-state index is 0.00170. The fourth-order valence-electron chi connectivity index (χ4n) is 5.20. The van der Waals surface area contributed by atoms with Gasteiger partial charge >= 0.3 is 0 Å². The van der Waals surface area contributed by atoms with Crippen molar-refractivity contribution in [2.75, 3.05) is 60.5 Å². The number of rotatable bonds is 7. The quantitative estimate of drug-likeness (QED) is 0.618. The van der Waals surface area contributed by atoms with E-state index in [2.05, 4.69) is 15.2 Å². The van der Waals surface area contributed by atoms with Gasteiger partial charge in [0.15, 0.2) is 5.69 Å². The van der Waals surface area contributed by atoms with Gasteiger partial charge in [0, 0.05) is 62.9 Å². The van der Waals surface area contributed by atoms with Crippen molar-refractivity contribution in [2.45, 2.75) is 20.4 Å². The fraction of sp³-hybridized carbons (Fsp3) is 0.636. The first kappa shape index (κ1) is 22.5. The Morgan fingerprint density at radius 2 is 1.97 bits per heavy atom. The summed E-state index contributed by atoms with van der Waals surface area (Å²) in [4.78, 5) is 31.8. The topological polar surface area (TPSA) is 96.9 Å². The summed E-state index contributed by atoms with van der Waals surface area (Å²) in [5.74, 6) is 0.713. The van der Waals surface area contributed by atoms with E-state index >= 15 is 0 Å². The Hall–Kier alpha value is -2.72. The van der Waals surface area contributed by atoms with Crippen molar-refractivity contribution in [1.29, 1.82) is 0 Å². The van der Waals surface area contributed by atoms with Crippen LogP contribution >= 0.6 is 0 Å². The Balaban J connectivity index is 1.54. The SMILES string of the molecule is COCC(=O)N1C[C@@H]2CN(C(=O)c3noc(C)c3Cn3cc(C)cn3)C[C@]2(CN(C)C)C1. The summed E-state index contributed by atoms with van der Waals surface area (Å²) < 4.78 is 12.2. The van der Waals surface area contributed by atoms with Gasteiger partial charge in [0.25, 0.3) is 5.91 Å². The van der Waals surface area contributed by atoms with E-state index in [1.54, 1.807) is 10.9 Å². The zero-order valence-corrected chi connectivity index (χ0v) is 19.5. The summed E-state index contributed by atoms with van der Waals surface area (Å²) in [7, 11) is 5.59. The highest BCUT2D eigenvalue weighted by atomic mass is 16.5. The van der Waals surface area contributed by atoms with Crippen LogP contribution < -0.4 is 0 Å². The molecule has 2 saturated heterocycles. The van der Waals surface area contributed by atoms with Crippen molar-refractivity contribution < 1.29 is 18.8 Å². The van der Waals surface area contributed by atoms with Gasteiger partial charge < -0.3 is 24.0 Å². The van der Waals surface area contributed by atoms with Gasteiger partial charge in [-0.2, -0.15) is 5.10 Å². The highest BCUT2D eigenvalue weighted by Crippen LogP contribution is 2.43. The van der Waals surface area contributed by atoms with Crippen LogP contribution in [0.1, 0.15) is 27.4 Å². The summed E-state index contributed by atoms with van der Waals surface area (Å²) in [6.45, 7) is 7.55. The molecule has 4 heterocycles. The summed E-state index contributed by atoms with van der Waals surface area (Å²) in [5.41, 5.74) is 2.00. The molecule has 4 rings (SSSR count). The Morgan fingerprint density at radius 3 is 2.62 bits per heavy atom. The molecule has 0 aliphatic carbocycles. The van der Waals surface area contributed by atoms with Gasteiger partial charge in [-0.05, 0) is 33.5 Å². The van der Waals surface area contributed by atoms with Crippen molar-refractivity contribution in [3.8, 4) is 0 Å². The highest BCUT2D eigenvalue weighted by molar-refractivity contribution is 5.94. The minimum Gasteiger partial charge on any atom is -0.375 e. The normalized spacial score (nSPS) is 22.8. The first-order valence-electron chi connectivity index (χ1n) is 10.9. The molecule has 2 aromatic rings. The van der Waals surface area contributed by atoms with Crippen LogP contribution in [0.2, 0.25) is 0 Å². The first-order chi connectivity index (χ1) is 15.2. The number of hydrogen-bond acceptors (Lipinski definition) is 7. The zero-order chi connectivity index (χ0) is 23.0. The van der Waals surface area contributed by atoms with Crippen LogP contribution in [0.25, 0.3) is 0 Å². The molecule has 2 atom stereocenters. The lowest BCUT2D eigenvalue weighted by molar-refractivity contribution is -0.134. The first-order valence-corrected chi connectivity index (χ1v) is 10.9. The lowest BCUT2D eigenvalue weighted by Crippen LogP contribution is -2.44. The molecule has 0 bridgehead atoms. The fourth-order valence-corrected chi connectivity index (χ4v) is 5.20. The third-order valence-corrected chi connectivity index (χ3v) is 6.57. The van der Waals surface area contributed by atoms with Gasteiger partial charge in [-0.15, -0.1) is 0 Å². The zero-order valence-electron chi connectivity index (χ0n) is 19.5.